The van der Waals surface area contributed by atoms with E-state index in [0.29, 0.717) is 18.3 Å². The third-order valence-electron chi connectivity index (χ3n) is 2.83. The van der Waals surface area contributed by atoms with Crippen molar-refractivity contribution in [2.24, 2.45) is 0 Å². The highest BCUT2D eigenvalue weighted by atomic mass is 16.5. The lowest BCUT2D eigenvalue weighted by Crippen LogP contribution is -2.32. The first-order valence-electron chi connectivity index (χ1n) is 6.50. The second-order valence-corrected chi connectivity index (χ2v) is 4.49. The predicted molar refractivity (Wildman–Crippen MR) is 76.2 cm³/mol. The molecule has 0 aliphatic heterocycles. The molecule has 0 aliphatic carbocycles. The number of para-hydroxylation sites is 1. The van der Waals surface area contributed by atoms with Gasteiger partial charge in [-0.3, -0.25) is 0 Å². The number of rotatable bonds is 7. The van der Waals surface area contributed by atoms with Crippen LogP contribution in [0.15, 0.2) is 18.2 Å². The SMILES string of the molecule is CCOc1cccc(N(CCCO)C(C)C)c1N. The fourth-order valence-electron chi connectivity index (χ4n) is 1.96. The Morgan fingerprint density at radius 1 is 1.39 bits per heavy atom. The van der Waals surface area contributed by atoms with E-state index in [-0.39, 0.29) is 6.61 Å². The molecule has 102 valence electrons. The molecule has 4 nitrogen and oxygen atoms in total. The average Bonchev–Trinajstić information content (AvgIpc) is 2.34. The average molecular weight is 252 g/mol. The lowest BCUT2D eigenvalue weighted by atomic mass is 10.2. The number of hydrogen-bond acceptors (Lipinski definition) is 4. The fraction of sp³-hybridized carbons (Fsp3) is 0.571. The second kappa shape index (κ2) is 7.11. The Kier molecular flexibility index (Phi) is 5.78. The monoisotopic (exact) mass is 252 g/mol. The van der Waals surface area contributed by atoms with E-state index in [1.807, 2.05) is 25.1 Å². The van der Waals surface area contributed by atoms with Gasteiger partial charge in [-0.1, -0.05) is 6.07 Å². The van der Waals surface area contributed by atoms with E-state index in [9.17, 15) is 0 Å². The number of ether oxygens (including phenoxy) is 1. The van der Waals surface area contributed by atoms with Gasteiger partial charge in [-0.15, -0.1) is 0 Å². The molecule has 0 aliphatic rings. The molecular weight excluding hydrogens is 228 g/mol. The number of anilines is 2. The zero-order chi connectivity index (χ0) is 13.5. The van der Waals surface area contributed by atoms with Crippen molar-refractivity contribution in [1.29, 1.82) is 0 Å². The largest absolute Gasteiger partial charge is 0.492 e. The first-order valence-corrected chi connectivity index (χ1v) is 6.50. The number of nitrogens with zero attached hydrogens (tertiary/aromatic N) is 1. The van der Waals surface area contributed by atoms with Crippen LogP contribution in [0.3, 0.4) is 0 Å². The second-order valence-electron chi connectivity index (χ2n) is 4.49. The van der Waals surface area contributed by atoms with Gasteiger partial charge in [0.15, 0.2) is 0 Å². The van der Waals surface area contributed by atoms with E-state index in [0.717, 1.165) is 24.4 Å². The van der Waals surface area contributed by atoms with Crippen molar-refractivity contribution in [3.05, 3.63) is 18.2 Å². The van der Waals surface area contributed by atoms with Gasteiger partial charge in [-0.2, -0.15) is 0 Å². The van der Waals surface area contributed by atoms with E-state index in [4.69, 9.17) is 15.6 Å². The van der Waals surface area contributed by atoms with Gasteiger partial charge in [0.2, 0.25) is 0 Å². The van der Waals surface area contributed by atoms with Crippen LogP contribution in [0.1, 0.15) is 27.2 Å². The molecule has 0 amide bonds. The molecule has 0 aromatic heterocycles. The summed E-state index contributed by atoms with van der Waals surface area (Å²) in [4.78, 5) is 2.19. The number of hydrogen-bond donors (Lipinski definition) is 2. The first kappa shape index (κ1) is 14.6. The molecule has 0 saturated carbocycles. The van der Waals surface area contributed by atoms with Gasteiger partial charge >= 0.3 is 0 Å². The quantitative estimate of drug-likeness (QED) is 0.731. The molecule has 18 heavy (non-hydrogen) atoms. The van der Waals surface area contributed by atoms with Crippen LogP contribution in [0.2, 0.25) is 0 Å². The summed E-state index contributed by atoms with van der Waals surface area (Å²) in [6.45, 7) is 7.75. The van der Waals surface area contributed by atoms with E-state index < -0.39 is 0 Å². The maximum absolute atomic E-state index is 8.97. The van der Waals surface area contributed by atoms with Gasteiger partial charge in [0.25, 0.3) is 0 Å². The molecule has 4 heteroatoms. The van der Waals surface area contributed by atoms with Crippen molar-refractivity contribution in [3.8, 4) is 5.75 Å². The Balaban J connectivity index is 3.00. The summed E-state index contributed by atoms with van der Waals surface area (Å²) in [7, 11) is 0. The Morgan fingerprint density at radius 3 is 2.67 bits per heavy atom. The molecule has 0 heterocycles. The van der Waals surface area contributed by atoms with Crippen molar-refractivity contribution in [1.82, 2.24) is 0 Å². The molecule has 0 bridgehead atoms. The van der Waals surface area contributed by atoms with Gasteiger partial charge in [0.1, 0.15) is 5.75 Å². The van der Waals surface area contributed by atoms with Crippen LogP contribution < -0.4 is 15.4 Å². The molecule has 0 saturated heterocycles. The Labute approximate surface area is 109 Å². The molecule has 3 N–H and O–H groups in total. The molecular formula is C14H24N2O2. The fourth-order valence-corrected chi connectivity index (χ4v) is 1.96. The van der Waals surface area contributed by atoms with Gasteiger partial charge in [0, 0.05) is 19.2 Å². The predicted octanol–water partition coefficient (Wildman–Crippen LogP) is 2.26. The van der Waals surface area contributed by atoms with E-state index in [1.54, 1.807) is 0 Å². The molecule has 0 radical (unpaired) electrons. The minimum Gasteiger partial charge on any atom is -0.492 e. The highest BCUT2D eigenvalue weighted by molar-refractivity contribution is 5.74. The summed E-state index contributed by atoms with van der Waals surface area (Å²) in [6.07, 6.45) is 0.733. The normalized spacial score (nSPS) is 10.7. The molecule has 0 unspecified atom stereocenters. The smallest absolute Gasteiger partial charge is 0.144 e. The van der Waals surface area contributed by atoms with Crippen LogP contribution in [0.4, 0.5) is 11.4 Å². The summed E-state index contributed by atoms with van der Waals surface area (Å²) in [6, 6.07) is 6.16. The van der Waals surface area contributed by atoms with Crippen LogP contribution in [-0.2, 0) is 0 Å². The van der Waals surface area contributed by atoms with E-state index >= 15 is 0 Å². The molecule has 1 aromatic rings. The van der Waals surface area contributed by atoms with Crippen LogP contribution >= 0.6 is 0 Å². The number of benzene rings is 1. The minimum absolute atomic E-state index is 0.189. The third-order valence-corrected chi connectivity index (χ3v) is 2.83. The van der Waals surface area contributed by atoms with Crippen LogP contribution in [0.5, 0.6) is 5.75 Å². The first-order chi connectivity index (χ1) is 8.61. The lowest BCUT2D eigenvalue weighted by Gasteiger charge is -2.30. The Bertz CT molecular complexity index is 367. The number of nitrogens with two attached hydrogens (primary N) is 1. The summed E-state index contributed by atoms with van der Waals surface area (Å²) in [5, 5.41) is 8.97. The summed E-state index contributed by atoms with van der Waals surface area (Å²) in [5.41, 5.74) is 7.80. The summed E-state index contributed by atoms with van der Waals surface area (Å²) >= 11 is 0. The summed E-state index contributed by atoms with van der Waals surface area (Å²) < 4.78 is 5.51. The van der Waals surface area contributed by atoms with Gasteiger partial charge < -0.3 is 20.5 Å². The van der Waals surface area contributed by atoms with E-state index in [2.05, 4.69) is 18.7 Å². The zero-order valence-electron chi connectivity index (χ0n) is 11.5. The van der Waals surface area contributed by atoms with Crippen molar-refractivity contribution < 1.29 is 9.84 Å². The molecule has 0 atom stereocenters. The maximum Gasteiger partial charge on any atom is 0.144 e. The molecule has 0 spiro atoms. The molecule has 1 rings (SSSR count). The van der Waals surface area contributed by atoms with Crippen LogP contribution in [0.25, 0.3) is 0 Å². The van der Waals surface area contributed by atoms with Crippen molar-refractivity contribution in [2.75, 3.05) is 30.4 Å². The van der Waals surface area contributed by atoms with Crippen LogP contribution in [0, 0.1) is 0 Å². The Morgan fingerprint density at radius 2 is 2.11 bits per heavy atom. The van der Waals surface area contributed by atoms with E-state index in [1.165, 1.54) is 0 Å². The standard InChI is InChI=1S/C14H24N2O2/c1-4-18-13-8-5-7-12(14(13)15)16(11(2)3)9-6-10-17/h5,7-8,11,17H,4,6,9-10,15H2,1-3H3. The number of nitrogen functional groups attached to an aromatic ring is 1. The van der Waals surface area contributed by atoms with Gasteiger partial charge in [-0.05, 0) is 39.3 Å². The van der Waals surface area contributed by atoms with Crippen molar-refractivity contribution in [2.45, 2.75) is 33.2 Å². The van der Waals surface area contributed by atoms with Crippen LogP contribution in [-0.4, -0.2) is 30.9 Å². The van der Waals surface area contributed by atoms with Crippen molar-refractivity contribution >= 4 is 11.4 Å². The highest BCUT2D eigenvalue weighted by Crippen LogP contribution is 2.33. The molecule has 0 fully saturated rings. The minimum atomic E-state index is 0.189. The zero-order valence-corrected chi connectivity index (χ0v) is 11.5. The highest BCUT2D eigenvalue weighted by Gasteiger charge is 2.15. The number of aliphatic hydroxyl groups excluding tert-OH is 1. The number of aliphatic hydroxyl groups is 1. The Hall–Kier alpha value is -1.42. The summed E-state index contributed by atoms with van der Waals surface area (Å²) in [5.74, 6) is 0.727. The maximum atomic E-state index is 8.97. The topological polar surface area (TPSA) is 58.7 Å². The van der Waals surface area contributed by atoms with Gasteiger partial charge in [0.05, 0.1) is 18.0 Å². The lowest BCUT2D eigenvalue weighted by molar-refractivity contribution is 0.288. The van der Waals surface area contributed by atoms with Gasteiger partial charge in [-0.25, -0.2) is 0 Å². The van der Waals surface area contributed by atoms with Crippen molar-refractivity contribution in [3.63, 3.8) is 0 Å². The molecule has 1 aromatic carbocycles. The third kappa shape index (κ3) is 3.53.